The number of hydrogen-bond acceptors (Lipinski definition) is 3. The predicted molar refractivity (Wildman–Crippen MR) is 92.5 cm³/mol. The van der Waals surface area contributed by atoms with Gasteiger partial charge in [0.15, 0.2) is 5.65 Å². The average molecular weight is 338 g/mol. The molecule has 1 unspecified atom stereocenters. The van der Waals surface area contributed by atoms with Gasteiger partial charge in [-0.2, -0.15) is 5.10 Å². The van der Waals surface area contributed by atoms with E-state index in [4.69, 9.17) is 0 Å². The van der Waals surface area contributed by atoms with Crippen LogP contribution in [0.1, 0.15) is 30.0 Å². The van der Waals surface area contributed by atoms with Gasteiger partial charge in [-0.15, -0.1) is 0 Å². The average Bonchev–Trinajstić information content (AvgIpc) is 3.08. The van der Waals surface area contributed by atoms with E-state index in [0.29, 0.717) is 18.6 Å². The Hall–Kier alpha value is -2.76. The Morgan fingerprint density at radius 3 is 2.96 bits per heavy atom. The third kappa shape index (κ3) is 3.24. The van der Waals surface area contributed by atoms with Crippen LogP contribution in [0.3, 0.4) is 0 Å². The van der Waals surface area contributed by atoms with Crippen LogP contribution >= 0.6 is 0 Å². The van der Waals surface area contributed by atoms with Crippen molar-refractivity contribution in [3.8, 4) is 0 Å². The third-order valence-corrected chi connectivity index (χ3v) is 4.81. The van der Waals surface area contributed by atoms with E-state index in [2.05, 4.69) is 15.2 Å². The van der Waals surface area contributed by atoms with Gasteiger partial charge in [0.05, 0.1) is 6.42 Å². The van der Waals surface area contributed by atoms with Crippen molar-refractivity contribution in [3.05, 3.63) is 59.7 Å². The first-order valence-corrected chi connectivity index (χ1v) is 8.52. The lowest BCUT2D eigenvalue weighted by atomic mass is 9.93. The minimum absolute atomic E-state index is 0.0817. The van der Waals surface area contributed by atoms with Gasteiger partial charge in [-0.1, -0.05) is 12.1 Å². The summed E-state index contributed by atoms with van der Waals surface area (Å²) < 4.78 is 13.0. The number of likely N-dealkylation sites (tertiary alicyclic amines) is 1. The van der Waals surface area contributed by atoms with Crippen LogP contribution in [0.25, 0.3) is 11.0 Å². The van der Waals surface area contributed by atoms with Crippen molar-refractivity contribution in [2.45, 2.75) is 25.2 Å². The standard InChI is InChI=1S/C19H19FN4O/c20-15-7-5-13(6-8-15)11-17(25)24-10-2-3-14(12-24)18-16-4-1-9-21-19(16)23-22-18/h1,4-9,14H,2-3,10-12H2,(H,21,22,23). The molecule has 25 heavy (non-hydrogen) atoms. The Bertz CT molecular complexity index is 890. The predicted octanol–water partition coefficient (Wildman–Crippen LogP) is 3.05. The topological polar surface area (TPSA) is 61.9 Å². The van der Waals surface area contributed by atoms with Crippen LogP contribution in [-0.2, 0) is 11.2 Å². The number of piperidine rings is 1. The molecule has 0 radical (unpaired) electrons. The van der Waals surface area contributed by atoms with E-state index in [-0.39, 0.29) is 17.6 Å². The van der Waals surface area contributed by atoms with E-state index in [1.807, 2.05) is 17.0 Å². The number of rotatable bonds is 3. The smallest absolute Gasteiger partial charge is 0.227 e. The zero-order chi connectivity index (χ0) is 17.2. The Morgan fingerprint density at radius 2 is 2.12 bits per heavy atom. The van der Waals surface area contributed by atoms with Gasteiger partial charge in [-0.3, -0.25) is 9.89 Å². The van der Waals surface area contributed by atoms with Crippen LogP contribution in [0.2, 0.25) is 0 Å². The number of carbonyl (C=O) groups is 1. The number of halogens is 1. The monoisotopic (exact) mass is 338 g/mol. The molecule has 0 saturated carbocycles. The SMILES string of the molecule is O=C(Cc1ccc(F)cc1)N1CCCC(c2[nH]nc3ncccc23)C1. The second-order valence-corrected chi connectivity index (χ2v) is 6.49. The van der Waals surface area contributed by atoms with Crippen molar-refractivity contribution >= 4 is 16.9 Å². The number of pyridine rings is 1. The summed E-state index contributed by atoms with van der Waals surface area (Å²) in [7, 11) is 0. The third-order valence-electron chi connectivity index (χ3n) is 4.81. The summed E-state index contributed by atoms with van der Waals surface area (Å²) in [5.41, 5.74) is 2.61. The number of nitrogens with one attached hydrogen (secondary N) is 1. The number of aromatic nitrogens is 3. The second kappa shape index (κ2) is 6.63. The summed E-state index contributed by atoms with van der Waals surface area (Å²) in [6.07, 6.45) is 4.01. The Morgan fingerprint density at radius 1 is 1.28 bits per heavy atom. The highest BCUT2D eigenvalue weighted by Crippen LogP contribution is 2.30. The number of carbonyl (C=O) groups excluding carboxylic acids is 1. The van der Waals surface area contributed by atoms with E-state index >= 15 is 0 Å². The molecule has 2 aromatic heterocycles. The van der Waals surface area contributed by atoms with Gasteiger partial charge < -0.3 is 4.90 Å². The van der Waals surface area contributed by atoms with Crippen molar-refractivity contribution in [1.29, 1.82) is 0 Å². The fourth-order valence-corrected chi connectivity index (χ4v) is 3.51. The van der Waals surface area contributed by atoms with Gasteiger partial charge in [-0.25, -0.2) is 9.37 Å². The van der Waals surface area contributed by atoms with Gasteiger partial charge >= 0.3 is 0 Å². The Balaban J connectivity index is 1.49. The van der Waals surface area contributed by atoms with Gasteiger partial charge in [-0.05, 0) is 42.7 Å². The summed E-state index contributed by atoms with van der Waals surface area (Å²) in [5.74, 6) is 0.0346. The summed E-state index contributed by atoms with van der Waals surface area (Å²) in [5, 5.41) is 8.40. The Kier molecular flexibility index (Phi) is 4.17. The van der Waals surface area contributed by atoms with Crippen LogP contribution in [0.5, 0.6) is 0 Å². The number of amides is 1. The lowest BCUT2D eigenvalue weighted by molar-refractivity contribution is -0.131. The molecule has 1 N–H and O–H groups in total. The molecule has 1 aliphatic heterocycles. The highest BCUT2D eigenvalue weighted by atomic mass is 19.1. The Labute approximate surface area is 144 Å². The van der Waals surface area contributed by atoms with Crippen molar-refractivity contribution < 1.29 is 9.18 Å². The number of aromatic amines is 1. The van der Waals surface area contributed by atoms with E-state index < -0.39 is 0 Å². The molecule has 0 aliphatic carbocycles. The fraction of sp³-hybridized carbons (Fsp3) is 0.316. The summed E-state index contributed by atoms with van der Waals surface area (Å²) in [4.78, 5) is 18.8. The van der Waals surface area contributed by atoms with Gasteiger partial charge in [0.1, 0.15) is 5.82 Å². The van der Waals surface area contributed by atoms with Crippen LogP contribution in [0, 0.1) is 5.82 Å². The molecule has 1 atom stereocenters. The molecule has 5 nitrogen and oxygen atoms in total. The van der Waals surface area contributed by atoms with Gasteiger partial charge in [0.25, 0.3) is 0 Å². The highest BCUT2D eigenvalue weighted by Gasteiger charge is 2.27. The molecule has 128 valence electrons. The molecule has 1 aromatic carbocycles. The van der Waals surface area contributed by atoms with Crippen LogP contribution in [0.15, 0.2) is 42.6 Å². The van der Waals surface area contributed by atoms with Crippen molar-refractivity contribution in [2.24, 2.45) is 0 Å². The normalized spacial score (nSPS) is 17.8. The van der Waals surface area contributed by atoms with E-state index in [1.165, 1.54) is 12.1 Å². The zero-order valence-electron chi connectivity index (χ0n) is 13.8. The van der Waals surface area contributed by atoms with Crippen LogP contribution in [-0.4, -0.2) is 39.1 Å². The van der Waals surface area contributed by atoms with Crippen molar-refractivity contribution in [2.75, 3.05) is 13.1 Å². The molecule has 0 bridgehead atoms. The number of nitrogens with zero attached hydrogens (tertiary/aromatic N) is 3. The maximum absolute atomic E-state index is 13.0. The quantitative estimate of drug-likeness (QED) is 0.798. The molecule has 1 fully saturated rings. The summed E-state index contributed by atoms with van der Waals surface area (Å²) in [6.45, 7) is 1.44. The second-order valence-electron chi connectivity index (χ2n) is 6.49. The zero-order valence-corrected chi connectivity index (χ0v) is 13.8. The minimum Gasteiger partial charge on any atom is -0.342 e. The largest absolute Gasteiger partial charge is 0.342 e. The molecule has 3 aromatic rings. The molecule has 6 heteroatoms. The van der Waals surface area contributed by atoms with E-state index in [9.17, 15) is 9.18 Å². The number of benzene rings is 1. The lowest BCUT2D eigenvalue weighted by Gasteiger charge is -2.32. The summed E-state index contributed by atoms with van der Waals surface area (Å²) in [6, 6.07) is 10.0. The maximum atomic E-state index is 13.0. The van der Waals surface area contributed by atoms with Gasteiger partial charge in [0, 0.05) is 36.3 Å². The number of hydrogen-bond donors (Lipinski definition) is 1. The summed E-state index contributed by atoms with van der Waals surface area (Å²) >= 11 is 0. The molecule has 1 amide bonds. The molecule has 4 rings (SSSR count). The van der Waals surface area contributed by atoms with Crippen molar-refractivity contribution in [1.82, 2.24) is 20.1 Å². The van der Waals surface area contributed by atoms with Crippen molar-refractivity contribution in [3.63, 3.8) is 0 Å². The number of H-pyrrole nitrogens is 1. The highest BCUT2D eigenvalue weighted by molar-refractivity contribution is 5.80. The van der Waals surface area contributed by atoms with Crippen LogP contribution < -0.4 is 0 Å². The molecule has 1 saturated heterocycles. The molecular formula is C19H19FN4O. The number of fused-ring (bicyclic) bond motifs is 1. The first-order chi connectivity index (χ1) is 12.2. The van der Waals surface area contributed by atoms with E-state index in [1.54, 1.807) is 18.3 Å². The van der Waals surface area contributed by atoms with Crippen LogP contribution in [0.4, 0.5) is 4.39 Å². The van der Waals surface area contributed by atoms with E-state index in [0.717, 1.165) is 36.0 Å². The minimum atomic E-state index is -0.283. The first kappa shape index (κ1) is 15.7. The van der Waals surface area contributed by atoms with Gasteiger partial charge in [0.2, 0.25) is 5.91 Å². The fourth-order valence-electron chi connectivity index (χ4n) is 3.51. The molecule has 3 heterocycles. The molecule has 1 aliphatic rings. The molecular weight excluding hydrogens is 319 g/mol. The molecule has 0 spiro atoms. The first-order valence-electron chi connectivity index (χ1n) is 8.52. The maximum Gasteiger partial charge on any atom is 0.227 e. The lowest BCUT2D eigenvalue weighted by Crippen LogP contribution is -2.40.